The van der Waals surface area contributed by atoms with Gasteiger partial charge in [0.2, 0.25) is 0 Å². The molecule has 1 aromatic rings. The Bertz CT molecular complexity index is 431. The van der Waals surface area contributed by atoms with Gasteiger partial charge in [0.1, 0.15) is 0 Å². The lowest BCUT2D eigenvalue weighted by atomic mass is 10.1. The van der Waals surface area contributed by atoms with Crippen LogP contribution in [0, 0.1) is 5.92 Å². The second-order valence-electron chi connectivity index (χ2n) is 4.48. The van der Waals surface area contributed by atoms with Crippen LogP contribution in [0.15, 0.2) is 29.2 Å². The van der Waals surface area contributed by atoms with Crippen molar-refractivity contribution < 1.29 is 14.7 Å². The van der Waals surface area contributed by atoms with E-state index in [1.54, 1.807) is 23.9 Å². The number of hydrogen-bond donors (Lipinski definition) is 2. The van der Waals surface area contributed by atoms with Gasteiger partial charge in [-0.25, -0.2) is 0 Å². The van der Waals surface area contributed by atoms with Crippen molar-refractivity contribution in [2.45, 2.75) is 24.7 Å². The van der Waals surface area contributed by atoms with Gasteiger partial charge in [-0.3, -0.25) is 9.59 Å². The molecule has 0 heterocycles. The first-order valence-corrected chi connectivity index (χ1v) is 7.39. The fraction of sp³-hybridized carbons (Fsp3) is 0.429. The van der Waals surface area contributed by atoms with Gasteiger partial charge in [0.15, 0.2) is 0 Å². The molecule has 4 nitrogen and oxygen atoms in total. The number of amides is 1. The Labute approximate surface area is 117 Å². The Kier molecular flexibility index (Phi) is 6.42. The zero-order valence-electron chi connectivity index (χ0n) is 11.2. The second-order valence-corrected chi connectivity index (χ2v) is 5.36. The van der Waals surface area contributed by atoms with Crippen molar-refractivity contribution in [2.24, 2.45) is 5.92 Å². The summed E-state index contributed by atoms with van der Waals surface area (Å²) in [5, 5.41) is 11.4. The van der Waals surface area contributed by atoms with Gasteiger partial charge in [0, 0.05) is 23.4 Å². The highest BCUT2D eigenvalue weighted by molar-refractivity contribution is 7.98. The zero-order chi connectivity index (χ0) is 14.3. The van der Waals surface area contributed by atoms with Gasteiger partial charge < -0.3 is 10.4 Å². The van der Waals surface area contributed by atoms with E-state index >= 15 is 0 Å². The lowest BCUT2D eigenvalue weighted by molar-refractivity contribution is -0.137. The van der Waals surface area contributed by atoms with Crippen LogP contribution >= 0.6 is 11.8 Å². The Hall–Kier alpha value is -1.49. The van der Waals surface area contributed by atoms with Crippen LogP contribution in [0.25, 0.3) is 0 Å². The van der Waals surface area contributed by atoms with Crippen molar-refractivity contribution in [2.75, 3.05) is 12.8 Å². The summed E-state index contributed by atoms with van der Waals surface area (Å²) in [6, 6.07) is 7.41. The molecule has 104 valence electrons. The molecule has 0 spiro atoms. The van der Waals surface area contributed by atoms with Crippen molar-refractivity contribution in [1.82, 2.24) is 5.32 Å². The number of aliphatic carboxylic acids is 1. The molecule has 2 N–H and O–H groups in total. The number of hydrogen-bond acceptors (Lipinski definition) is 3. The Morgan fingerprint density at radius 3 is 2.47 bits per heavy atom. The molecule has 0 aliphatic carbocycles. The maximum Gasteiger partial charge on any atom is 0.303 e. The molecule has 0 bridgehead atoms. The Morgan fingerprint density at radius 2 is 1.95 bits per heavy atom. The predicted octanol–water partition coefficient (Wildman–Crippen LogP) is 2.64. The minimum atomic E-state index is -0.800. The van der Waals surface area contributed by atoms with Crippen molar-refractivity contribution >= 4 is 23.6 Å². The number of carbonyl (C=O) groups is 2. The summed E-state index contributed by atoms with van der Waals surface area (Å²) in [6.07, 6.45) is 2.69. The third-order valence-electron chi connectivity index (χ3n) is 2.81. The highest BCUT2D eigenvalue weighted by Crippen LogP contribution is 2.14. The van der Waals surface area contributed by atoms with Gasteiger partial charge in [-0.1, -0.05) is 6.92 Å². The molecular formula is C14H19NO3S. The average molecular weight is 281 g/mol. The molecule has 0 saturated carbocycles. The molecule has 1 atom stereocenters. The number of carboxylic acids is 1. The summed E-state index contributed by atoms with van der Waals surface area (Å²) in [7, 11) is 0. The molecule has 5 heteroatoms. The molecule has 0 fully saturated rings. The van der Waals surface area contributed by atoms with Crippen LogP contribution in [-0.2, 0) is 4.79 Å². The van der Waals surface area contributed by atoms with Crippen molar-refractivity contribution in [1.29, 1.82) is 0 Å². The number of rotatable bonds is 7. The van der Waals surface area contributed by atoms with E-state index in [1.807, 2.05) is 25.3 Å². The molecule has 0 aliphatic rings. The van der Waals surface area contributed by atoms with E-state index < -0.39 is 5.97 Å². The van der Waals surface area contributed by atoms with E-state index in [2.05, 4.69) is 5.32 Å². The van der Waals surface area contributed by atoms with Crippen molar-refractivity contribution in [3.8, 4) is 0 Å². The van der Waals surface area contributed by atoms with Crippen LogP contribution in [0.3, 0.4) is 0 Å². The molecule has 1 aromatic carbocycles. The molecule has 19 heavy (non-hydrogen) atoms. The van der Waals surface area contributed by atoms with Crippen LogP contribution < -0.4 is 5.32 Å². The number of carbonyl (C=O) groups excluding carboxylic acids is 1. The number of thioether (sulfide) groups is 1. The lowest BCUT2D eigenvalue weighted by Crippen LogP contribution is -2.28. The van der Waals surface area contributed by atoms with Crippen LogP contribution in [0.1, 0.15) is 30.1 Å². The summed E-state index contributed by atoms with van der Waals surface area (Å²) >= 11 is 1.63. The van der Waals surface area contributed by atoms with Gasteiger partial charge in [0.25, 0.3) is 5.91 Å². The zero-order valence-corrected chi connectivity index (χ0v) is 12.0. The monoisotopic (exact) mass is 281 g/mol. The first kappa shape index (κ1) is 15.6. The standard InChI is InChI=1S/C14H19NO3S/c1-10(3-8-13(16)17)9-15-14(18)11-4-6-12(19-2)7-5-11/h4-7,10H,3,8-9H2,1-2H3,(H,15,18)(H,16,17). The van der Waals surface area contributed by atoms with Crippen molar-refractivity contribution in [3.05, 3.63) is 29.8 Å². The normalized spacial score (nSPS) is 11.9. The van der Waals surface area contributed by atoms with E-state index in [0.29, 0.717) is 18.5 Å². The molecule has 0 aliphatic heterocycles. The topological polar surface area (TPSA) is 66.4 Å². The van der Waals surface area contributed by atoms with Crippen LogP contribution in [0.4, 0.5) is 0 Å². The molecule has 0 radical (unpaired) electrons. The lowest BCUT2D eigenvalue weighted by Gasteiger charge is -2.11. The van der Waals surface area contributed by atoms with Gasteiger partial charge in [-0.05, 0) is 42.9 Å². The first-order valence-electron chi connectivity index (χ1n) is 6.17. The number of nitrogens with one attached hydrogen (secondary N) is 1. The summed E-state index contributed by atoms with van der Waals surface area (Å²) in [5.74, 6) is -0.758. The van der Waals surface area contributed by atoms with Gasteiger partial charge in [-0.2, -0.15) is 0 Å². The molecule has 1 unspecified atom stereocenters. The van der Waals surface area contributed by atoms with E-state index in [1.165, 1.54) is 0 Å². The summed E-state index contributed by atoms with van der Waals surface area (Å²) in [4.78, 5) is 23.4. The molecule has 0 saturated heterocycles. The van der Waals surface area contributed by atoms with E-state index in [-0.39, 0.29) is 18.2 Å². The molecule has 0 aromatic heterocycles. The highest BCUT2D eigenvalue weighted by Gasteiger charge is 2.09. The fourth-order valence-electron chi connectivity index (χ4n) is 1.58. The minimum Gasteiger partial charge on any atom is -0.481 e. The Morgan fingerprint density at radius 1 is 1.32 bits per heavy atom. The van der Waals surface area contributed by atoms with E-state index in [0.717, 1.165) is 4.90 Å². The first-order chi connectivity index (χ1) is 9.02. The summed E-state index contributed by atoms with van der Waals surface area (Å²) in [5.41, 5.74) is 0.628. The third-order valence-corrected chi connectivity index (χ3v) is 3.56. The van der Waals surface area contributed by atoms with Crippen LogP contribution in [-0.4, -0.2) is 29.8 Å². The van der Waals surface area contributed by atoms with Crippen LogP contribution in [0.2, 0.25) is 0 Å². The predicted molar refractivity (Wildman–Crippen MR) is 76.6 cm³/mol. The van der Waals surface area contributed by atoms with E-state index in [4.69, 9.17) is 5.11 Å². The average Bonchev–Trinajstić information content (AvgIpc) is 2.42. The SMILES string of the molecule is CSc1ccc(C(=O)NCC(C)CCC(=O)O)cc1. The van der Waals surface area contributed by atoms with Gasteiger partial charge >= 0.3 is 5.97 Å². The summed E-state index contributed by atoms with van der Waals surface area (Å²) < 4.78 is 0. The second kappa shape index (κ2) is 7.84. The number of benzene rings is 1. The smallest absolute Gasteiger partial charge is 0.303 e. The highest BCUT2D eigenvalue weighted by atomic mass is 32.2. The van der Waals surface area contributed by atoms with Gasteiger partial charge in [-0.15, -0.1) is 11.8 Å². The third kappa shape index (κ3) is 5.79. The Balaban J connectivity index is 2.39. The number of carboxylic acid groups (broad SMARTS) is 1. The van der Waals surface area contributed by atoms with Crippen LogP contribution in [0.5, 0.6) is 0 Å². The maximum absolute atomic E-state index is 11.9. The summed E-state index contributed by atoms with van der Waals surface area (Å²) in [6.45, 7) is 2.43. The maximum atomic E-state index is 11.9. The largest absolute Gasteiger partial charge is 0.481 e. The minimum absolute atomic E-state index is 0.116. The fourth-order valence-corrected chi connectivity index (χ4v) is 1.99. The van der Waals surface area contributed by atoms with Crippen molar-refractivity contribution in [3.63, 3.8) is 0 Å². The molecular weight excluding hydrogens is 262 g/mol. The molecule has 1 rings (SSSR count). The van der Waals surface area contributed by atoms with E-state index in [9.17, 15) is 9.59 Å². The molecule has 1 amide bonds. The van der Waals surface area contributed by atoms with Gasteiger partial charge in [0.05, 0.1) is 0 Å². The quantitative estimate of drug-likeness (QED) is 0.754.